The van der Waals surface area contributed by atoms with Crippen molar-refractivity contribution in [1.82, 2.24) is 4.90 Å². The van der Waals surface area contributed by atoms with Crippen molar-refractivity contribution in [3.05, 3.63) is 0 Å². The highest BCUT2D eigenvalue weighted by Crippen LogP contribution is 2.38. The van der Waals surface area contributed by atoms with Crippen molar-refractivity contribution in [3.63, 3.8) is 0 Å². The lowest BCUT2D eigenvalue weighted by molar-refractivity contribution is -0.152. The topological polar surface area (TPSA) is 40.5 Å². The average Bonchev–Trinajstić information content (AvgIpc) is 2.76. The first-order valence-corrected chi connectivity index (χ1v) is 7.71. The zero-order valence-corrected chi connectivity index (χ0v) is 11.6. The van der Waals surface area contributed by atoms with E-state index in [0.717, 1.165) is 37.6 Å². The predicted molar refractivity (Wildman–Crippen MR) is 71.5 cm³/mol. The Morgan fingerprint density at radius 3 is 2.53 bits per heavy atom. The van der Waals surface area contributed by atoms with Gasteiger partial charge in [-0.05, 0) is 38.8 Å². The summed E-state index contributed by atoms with van der Waals surface area (Å²) >= 11 is 2.05. The van der Waals surface area contributed by atoms with Gasteiger partial charge in [-0.15, -0.1) is 0 Å². The van der Waals surface area contributed by atoms with Crippen LogP contribution in [-0.2, 0) is 4.79 Å². The molecule has 2 fully saturated rings. The summed E-state index contributed by atoms with van der Waals surface area (Å²) in [7, 11) is 0. The van der Waals surface area contributed by atoms with Gasteiger partial charge in [0.25, 0.3) is 0 Å². The highest BCUT2D eigenvalue weighted by molar-refractivity contribution is 8.00. The van der Waals surface area contributed by atoms with Gasteiger partial charge in [0, 0.05) is 17.0 Å². The first kappa shape index (κ1) is 13.2. The van der Waals surface area contributed by atoms with Crippen molar-refractivity contribution in [2.45, 2.75) is 50.8 Å². The Morgan fingerprint density at radius 2 is 2.12 bits per heavy atom. The summed E-state index contributed by atoms with van der Waals surface area (Å²) < 4.78 is 0. The maximum absolute atomic E-state index is 11.4. The third-order valence-corrected chi connectivity index (χ3v) is 5.92. The smallest absolute Gasteiger partial charge is 0.309 e. The number of nitrogens with zero attached hydrogens (tertiary/aromatic N) is 1. The number of carboxylic acid groups (broad SMARTS) is 1. The Morgan fingerprint density at radius 1 is 1.47 bits per heavy atom. The number of carboxylic acids is 1. The molecule has 0 aromatic heterocycles. The number of aliphatic carboxylic acids is 1. The van der Waals surface area contributed by atoms with Crippen LogP contribution < -0.4 is 0 Å². The van der Waals surface area contributed by atoms with E-state index in [2.05, 4.69) is 23.6 Å². The van der Waals surface area contributed by atoms with Crippen molar-refractivity contribution in [1.29, 1.82) is 0 Å². The molecule has 0 saturated carbocycles. The fourth-order valence-corrected chi connectivity index (χ4v) is 4.34. The van der Waals surface area contributed by atoms with Crippen LogP contribution in [-0.4, -0.2) is 46.1 Å². The molecule has 0 aromatic carbocycles. The lowest BCUT2D eigenvalue weighted by Gasteiger charge is -2.40. The highest BCUT2D eigenvalue weighted by Gasteiger charge is 2.41. The predicted octanol–water partition coefficient (Wildman–Crippen LogP) is 2.46. The second kappa shape index (κ2) is 5.19. The van der Waals surface area contributed by atoms with Crippen LogP contribution in [0.1, 0.15) is 39.5 Å². The van der Waals surface area contributed by atoms with Gasteiger partial charge < -0.3 is 5.11 Å². The van der Waals surface area contributed by atoms with Crippen LogP contribution in [0.5, 0.6) is 0 Å². The van der Waals surface area contributed by atoms with Crippen molar-refractivity contribution in [2.24, 2.45) is 5.41 Å². The van der Waals surface area contributed by atoms with Crippen LogP contribution in [0.15, 0.2) is 0 Å². The zero-order chi connectivity index (χ0) is 12.5. The van der Waals surface area contributed by atoms with Gasteiger partial charge in [-0.1, -0.05) is 13.8 Å². The van der Waals surface area contributed by atoms with Crippen LogP contribution in [0.4, 0.5) is 0 Å². The molecule has 1 N–H and O–H groups in total. The van der Waals surface area contributed by atoms with E-state index in [1.54, 1.807) is 0 Å². The molecule has 2 heterocycles. The number of piperidine rings is 1. The first-order chi connectivity index (χ1) is 8.07. The molecule has 0 spiro atoms. The van der Waals surface area contributed by atoms with Crippen LogP contribution in [0.3, 0.4) is 0 Å². The molecule has 2 saturated heterocycles. The van der Waals surface area contributed by atoms with Gasteiger partial charge in [0.05, 0.1) is 5.41 Å². The highest BCUT2D eigenvalue weighted by atomic mass is 32.2. The molecule has 2 atom stereocenters. The van der Waals surface area contributed by atoms with Crippen molar-refractivity contribution >= 4 is 17.7 Å². The van der Waals surface area contributed by atoms with Crippen molar-refractivity contribution in [2.75, 3.05) is 18.8 Å². The minimum Gasteiger partial charge on any atom is -0.481 e. The summed E-state index contributed by atoms with van der Waals surface area (Å²) in [5, 5.41) is 10.1. The molecule has 2 unspecified atom stereocenters. The summed E-state index contributed by atoms with van der Waals surface area (Å²) in [6.07, 6.45) is 3.70. The summed E-state index contributed by atoms with van der Waals surface area (Å²) in [6, 6.07) is 0.693. The van der Waals surface area contributed by atoms with Gasteiger partial charge in [-0.25, -0.2) is 0 Å². The molecule has 98 valence electrons. The Bertz CT molecular complexity index is 287. The van der Waals surface area contributed by atoms with Gasteiger partial charge in [-0.2, -0.15) is 11.8 Å². The van der Waals surface area contributed by atoms with E-state index >= 15 is 0 Å². The molecular weight excluding hydrogens is 234 g/mol. The molecule has 4 heteroatoms. The molecule has 0 radical (unpaired) electrons. The van der Waals surface area contributed by atoms with Crippen LogP contribution >= 0.6 is 11.8 Å². The summed E-state index contributed by atoms with van der Waals surface area (Å²) in [6.45, 7) is 6.25. The molecule has 2 rings (SSSR count). The number of rotatable bonds is 3. The molecule has 0 aliphatic carbocycles. The maximum Gasteiger partial charge on any atom is 0.309 e. The van der Waals surface area contributed by atoms with Crippen LogP contribution in [0.2, 0.25) is 0 Å². The molecule has 2 aliphatic rings. The quantitative estimate of drug-likeness (QED) is 0.843. The second-order valence-corrected chi connectivity index (χ2v) is 6.98. The third kappa shape index (κ3) is 2.63. The Labute approximate surface area is 108 Å². The van der Waals surface area contributed by atoms with E-state index in [0.29, 0.717) is 6.04 Å². The second-order valence-electron chi connectivity index (χ2n) is 5.51. The fourth-order valence-electron chi connectivity index (χ4n) is 3.08. The Kier molecular flexibility index (Phi) is 4.03. The number of hydrogen-bond acceptors (Lipinski definition) is 3. The number of likely N-dealkylation sites (tertiary alicyclic amines) is 1. The van der Waals surface area contributed by atoms with Crippen molar-refractivity contribution in [3.8, 4) is 0 Å². The van der Waals surface area contributed by atoms with E-state index in [-0.39, 0.29) is 0 Å². The van der Waals surface area contributed by atoms with E-state index in [4.69, 9.17) is 0 Å². The third-order valence-electron chi connectivity index (χ3n) is 4.58. The van der Waals surface area contributed by atoms with E-state index in [1.165, 1.54) is 12.2 Å². The lowest BCUT2D eigenvalue weighted by atomic mass is 9.76. The van der Waals surface area contributed by atoms with E-state index in [9.17, 15) is 9.90 Å². The molecular formula is C13H23NO2S. The molecule has 0 amide bonds. The Hall–Kier alpha value is -0.220. The number of hydrogen-bond donors (Lipinski definition) is 1. The van der Waals surface area contributed by atoms with Gasteiger partial charge in [0.2, 0.25) is 0 Å². The number of thioether (sulfide) groups is 1. The molecule has 17 heavy (non-hydrogen) atoms. The van der Waals surface area contributed by atoms with Gasteiger partial charge in [-0.3, -0.25) is 9.69 Å². The summed E-state index contributed by atoms with van der Waals surface area (Å²) in [5.74, 6) is 0.640. The molecule has 2 aliphatic heterocycles. The van der Waals surface area contributed by atoms with Gasteiger partial charge in [0.1, 0.15) is 0 Å². The lowest BCUT2D eigenvalue weighted by Crippen LogP contribution is -2.48. The molecule has 0 bridgehead atoms. The largest absolute Gasteiger partial charge is 0.481 e. The maximum atomic E-state index is 11.4. The van der Waals surface area contributed by atoms with Crippen LogP contribution in [0.25, 0.3) is 0 Å². The van der Waals surface area contributed by atoms with Crippen molar-refractivity contribution < 1.29 is 9.90 Å². The van der Waals surface area contributed by atoms with Gasteiger partial charge in [0.15, 0.2) is 0 Å². The van der Waals surface area contributed by atoms with Gasteiger partial charge >= 0.3 is 5.97 Å². The molecule has 3 nitrogen and oxygen atoms in total. The van der Waals surface area contributed by atoms with E-state index in [1.807, 2.05) is 6.92 Å². The minimum absolute atomic E-state index is 0.437. The summed E-state index contributed by atoms with van der Waals surface area (Å²) in [4.78, 5) is 13.9. The zero-order valence-electron chi connectivity index (χ0n) is 10.8. The molecule has 0 aromatic rings. The SMILES string of the molecule is CCC1(C(=O)O)CCN(C2CSC(C)C2)CC1. The average molecular weight is 257 g/mol. The normalized spacial score (nSPS) is 33.8. The Balaban J connectivity index is 1.91. The van der Waals surface area contributed by atoms with E-state index < -0.39 is 11.4 Å². The summed E-state index contributed by atoms with van der Waals surface area (Å²) in [5.41, 5.74) is -0.437. The standard InChI is InChI=1S/C13H23NO2S/c1-3-13(12(15)16)4-6-14(7-5-13)11-8-10(2)17-9-11/h10-11H,3-9H2,1-2H3,(H,15,16). The number of carbonyl (C=O) groups is 1. The van der Waals surface area contributed by atoms with Crippen LogP contribution in [0, 0.1) is 5.41 Å². The first-order valence-electron chi connectivity index (χ1n) is 6.66. The fraction of sp³-hybridized carbons (Fsp3) is 0.923. The minimum atomic E-state index is -0.589. The monoisotopic (exact) mass is 257 g/mol.